The Kier molecular flexibility index (Phi) is 6.83. The molecule has 6 nitrogen and oxygen atoms in total. The smallest absolute Gasteiger partial charge is 0.214 e. The zero-order chi connectivity index (χ0) is 12.1. The van der Waals surface area contributed by atoms with Crippen molar-refractivity contribution in [3.8, 4) is 0 Å². The van der Waals surface area contributed by atoms with Gasteiger partial charge in [-0.2, -0.15) is 0 Å². The lowest BCUT2D eigenvalue weighted by Crippen LogP contribution is -2.46. The normalized spacial score (nSPS) is 26.6. The van der Waals surface area contributed by atoms with Gasteiger partial charge < -0.3 is 14.8 Å². The van der Waals surface area contributed by atoms with Gasteiger partial charge in [-0.1, -0.05) is 0 Å². The predicted molar refractivity (Wildman–Crippen MR) is 70.6 cm³/mol. The van der Waals surface area contributed by atoms with E-state index in [0.29, 0.717) is 19.8 Å². The number of halogens is 1. The molecule has 0 aromatic heterocycles. The lowest BCUT2D eigenvalue weighted by Gasteiger charge is -2.26. The second-order valence-electron chi connectivity index (χ2n) is 4.49. The highest BCUT2D eigenvalue weighted by Crippen LogP contribution is 2.07. The standard InChI is InChI=1S/C10H20N2O4S.ClH/c13-17(14,8-10-7-15-5-6-16-10)12-9-1-3-11-4-2-9;/h9-12H,1-8H2;1H. The minimum absolute atomic E-state index is 0. The Morgan fingerprint density at radius 3 is 2.56 bits per heavy atom. The molecule has 8 heteroatoms. The van der Waals surface area contributed by atoms with E-state index in [1.54, 1.807) is 0 Å². The van der Waals surface area contributed by atoms with Gasteiger partial charge in [0.25, 0.3) is 0 Å². The van der Waals surface area contributed by atoms with E-state index in [2.05, 4.69) is 10.0 Å². The van der Waals surface area contributed by atoms with Crippen molar-refractivity contribution >= 4 is 22.4 Å². The number of hydrogen-bond donors (Lipinski definition) is 2. The fourth-order valence-electron chi connectivity index (χ4n) is 2.12. The second kappa shape index (κ2) is 7.62. The number of hydrogen-bond acceptors (Lipinski definition) is 5. The number of piperidine rings is 1. The minimum atomic E-state index is -3.26. The monoisotopic (exact) mass is 300 g/mol. The summed E-state index contributed by atoms with van der Waals surface area (Å²) in [6.07, 6.45) is 1.37. The summed E-state index contributed by atoms with van der Waals surface area (Å²) in [4.78, 5) is 0. The quantitative estimate of drug-likeness (QED) is 0.732. The molecule has 0 saturated carbocycles. The van der Waals surface area contributed by atoms with Crippen LogP contribution in [-0.4, -0.2) is 59.2 Å². The second-order valence-corrected chi connectivity index (χ2v) is 6.29. The van der Waals surface area contributed by atoms with Crippen LogP contribution in [0.5, 0.6) is 0 Å². The maximum atomic E-state index is 11.9. The molecule has 1 unspecified atom stereocenters. The van der Waals surface area contributed by atoms with Crippen molar-refractivity contribution in [3.63, 3.8) is 0 Å². The Hall–Kier alpha value is 0.0800. The summed E-state index contributed by atoms with van der Waals surface area (Å²) in [5.74, 6) is -0.00305. The summed E-state index contributed by atoms with van der Waals surface area (Å²) in [6.45, 7) is 3.14. The summed E-state index contributed by atoms with van der Waals surface area (Å²) >= 11 is 0. The van der Waals surface area contributed by atoms with Gasteiger partial charge in [0.2, 0.25) is 10.0 Å². The molecule has 2 fully saturated rings. The fraction of sp³-hybridized carbons (Fsp3) is 1.00. The third-order valence-corrected chi connectivity index (χ3v) is 4.48. The van der Waals surface area contributed by atoms with Crippen LogP contribution < -0.4 is 10.0 Å². The Labute approximate surface area is 114 Å². The Bertz CT molecular complexity index is 301. The zero-order valence-corrected chi connectivity index (χ0v) is 11.9. The molecular formula is C10H21ClN2O4S. The minimum Gasteiger partial charge on any atom is -0.376 e. The van der Waals surface area contributed by atoms with Gasteiger partial charge in [-0.05, 0) is 25.9 Å². The van der Waals surface area contributed by atoms with Crippen LogP contribution in [0.3, 0.4) is 0 Å². The van der Waals surface area contributed by atoms with E-state index in [0.717, 1.165) is 25.9 Å². The first-order chi connectivity index (χ1) is 8.16. The average Bonchev–Trinajstić information content (AvgIpc) is 2.30. The average molecular weight is 301 g/mol. The summed E-state index contributed by atoms with van der Waals surface area (Å²) in [5.41, 5.74) is 0. The lowest BCUT2D eigenvalue weighted by atomic mass is 10.1. The van der Waals surface area contributed by atoms with Crippen LogP contribution >= 0.6 is 12.4 Å². The highest BCUT2D eigenvalue weighted by molar-refractivity contribution is 7.89. The van der Waals surface area contributed by atoms with Gasteiger partial charge in [-0.3, -0.25) is 0 Å². The third kappa shape index (κ3) is 5.38. The highest BCUT2D eigenvalue weighted by Gasteiger charge is 2.25. The molecule has 0 amide bonds. The Morgan fingerprint density at radius 2 is 1.94 bits per heavy atom. The van der Waals surface area contributed by atoms with Crippen LogP contribution in [0.4, 0.5) is 0 Å². The number of nitrogens with one attached hydrogen (secondary N) is 2. The fourth-order valence-corrected chi connectivity index (χ4v) is 3.64. The maximum absolute atomic E-state index is 11.9. The molecule has 0 spiro atoms. The summed E-state index contributed by atoms with van der Waals surface area (Å²) in [5, 5.41) is 3.20. The van der Waals surface area contributed by atoms with E-state index in [4.69, 9.17) is 9.47 Å². The number of sulfonamides is 1. The predicted octanol–water partition coefficient (Wildman–Crippen LogP) is -0.505. The molecule has 108 valence electrons. The molecule has 0 radical (unpaired) electrons. The van der Waals surface area contributed by atoms with E-state index in [9.17, 15) is 8.42 Å². The van der Waals surface area contributed by atoms with Crippen molar-refractivity contribution in [1.29, 1.82) is 0 Å². The van der Waals surface area contributed by atoms with Crippen LogP contribution in [0.25, 0.3) is 0 Å². The van der Waals surface area contributed by atoms with Gasteiger partial charge in [0, 0.05) is 6.04 Å². The van der Waals surface area contributed by atoms with Gasteiger partial charge in [0.15, 0.2) is 0 Å². The van der Waals surface area contributed by atoms with Crippen LogP contribution in [0.2, 0.25) is 0 Å². The van der Waals surface area contributed by atoms with Crippen molar-refractivity contribution in [1.82, 2.24) is 10.0 Å². The first-order valence-electron chi connectivity index (χ1n) is 6.06. The molecule has 2 heterocycles. The summed E-state index contributed by atoms with van der Waals surface area (Å²) in [6, 6.07) is 0.0609. The molecular weight excluding hydrogens is 280 g/mol. The molecule has 2 saturated heterocycles. The zero-order valence-electron chi connectivity index (χ0n) is 10.3. The van der Waals surface area contributed by atoms with E-state index < -0.39 is 10.0 Å². The van der Waals surface area contributed by atoms with Gasteiger partial charge >= 0.3 is 0 Å². The Balaban J connectivity index is 0.00000162. The largest absolute Gasteiger partial charge is 0.376 e. The summed E-state index contributed by atoms with van der Waals surface area (Å²) in [7, 11) is -3.26. The SMILES string of the molecule is Cl.O=S(=O)(CC1COCCO1)NC1CCNCC1. The first kappa shape index (κ1) is 16.1. The molecule has 1 atom stereocenters. The van der Waals surface area contributed by atoms with Gasteiger partial charge in [-0.25, -0.2) is 13.1 Å². The molecule has 0 aliphatic carbocycles. The first-order valence-corrected chi connectivity index (χ1v) is 7.71. The molecule has 0 aromatic rings. The molecule has 2 rings (SSSR count). The Morgan fingerprint density at radius 1 is 1.22 bits per heavy atom. The van der Waals surface area contributed by atoms with Crippen LogP contribution in [-0.2, 0) is 19.5 Å². The third-order valence-electron chi connectivity index (χ3n) is 2.98. The van der Waals surface area contributed by atoms with Crippen molar-refractivity contribution < 1.29 is 17.9 Å². The lowest BCUT2D eigenvalue weighted by molar-refractivity contribution is -0.0783. The van der Waals surface area contributed by atoms with Crippen LogP contribution in [0.15, 0.2) is 0 Å². The van der Waals surface area contributed by atoms with Crippen LogP contribution in [0.1, 0.15) is 12.8 Å². The van der Waals surface area contributed by atoms with E-state index in [1.165, 1.54) is 0 Å². The molecule has 2 aliphatic heterocycles. The van der Waals surface area contributed by atoms with Crippen molar-refractivity contribution in [3.05, 3.63) is 0 Å². The van der Waals surface area contributed by atoms with E-state index in [1.807, 2.05) is 0 Å². The van der Waals surface area contributed by atoms with Crippen molar-refractivity contribution in [2.75, 3.05) is 38.7 Å². The summed E-state index contributed by atoms with van der Waals surface area (Å²) < 4.78 is 37.1. The molecule has 2 N–H and O–H groups in total. The number of rotatable bonds is 4. The molecule has 0 aromatic carbocycles. The van der Waals surface area contributed by atoms with E-state index in [-0.39, 0.29) is 30.3 Å². The molecule has 0 bridgehead atoms. The van der Waals surface area contributed by atoms with Crippen LogP contribution in [0, 0.1) is 0 Å². The van der Waals surface area contributed by atoms with Gasteiger partial charge in [0.1, 0.15) is 0 Å². The maximum Gasteiger partial charge on any atom is 0.214 e. The van der Waals surface area contributed by atoms with Crippen molar-refractivity contribution in [2.45, 2.75) is 25.0 Å². The molecule has 2 aliphatic rings. The van der Waals surface area contributed by atoms with Gasteiger partial charge in [0.05, 0.1) is 31.7 Å². The van der Waals surface area contributed by atoms with Crippen molar-refractivity contribution in [2.24, 2.45) is 0 Å². The van der Waals surface area contributed by atoms with E-state index >= 15 is 0 Å². The highest BCUT2D eigenvalue weighted by atomic mass is 35.5. The topological polar surface area (TPSA) is 76.7 Å². The number of ether oxygens (including phenoxy) is 2. The van der Waals surface area contributed by atoms with Gasteiger partial charge in [-0.15, -0.1) is 12.4 Å². The molecule has 18 heavy (non-hydrogen) atoms.